The van der Waals surface area contributed by atoms with E-state index in [0.717, 1.165) is 0 Å². The summed E-state index contributed by atoms with van der Waals surface area (Å²) in [7, 11) is -2.76. The number of fused-ring (bicyclic) bond motifs is 1. The van der Waals surface area contributed by atoms with Crippen LogP contribution in [-0.2, 0) is 21.4 Å². The van der Waals surface area contributed by atoms with E-state index in [1.54, 1.807) is 33.7 Å². The number of halogens is 2. The molecule has 0 radical (unpaired) electrons. The minimum atomic E-state index is -4.30. The molecule has 1 aliphatic heterocycles. The first-order valence-electron chi connectivity index (χ1n) is 14.7. The van der Waals surface area contributed by atoms with Gasteiger partial charge in [-0.15, -0.1) is 10.2 Å². The fourth-order valence-corrected chi connectivity index (χ4v) is 8.05. The number of pyridine rings is 1. The predicted octanol–water partition coefficient (Wildman–Crippen LogP) is 4.35. The monoisotopic (exact) mass is 670 g/mol. The van der Waals surface area contributed by atoms with Crippen LogP contribution < -0.4 is 9.64 Å². The van der Waals surface area contributed by atoms with E-state index in [1.165, 1.54) is 29.7 Å². The van der Waals surface area contributed by atoms with Crippen LogP contribution in [0.25, 0.3) is 16.1 Å². The maximum Gasteiger partial charge on any atom is 0.291 e. The second-order valence-electron chi connectivity index (χ2n) is 11.6. The number of alkyl halides is 2. The first-order chi connectivity index (χ1) is 22.0. The molecular formula is C30H32F2N8O4S2. The Morgan fingerprint density at radius 1 is 1.13 bits per heavy atom. The summed E-state index contributed by atoms with van der Waals surface area (Å²) >= 11 is 0.707. The molecule has 0 spiro atoms. The summed E-state index contributed by atoms with van der Waals surface area (Å²) in [6.45, 7) is 5.33. The van der Waals surface area contributed by atoms with Crippen molar-refractivity contribution >= 4 is 38.6 Å². The third kappa shape index (κ3) is 5.78. The lowest BCUT2D eigenvalue weighted by Gasteiger charge is -2.37. The largest absolute Gasteiger partial charge is 0.497 e. The Labute approximate surface area is 268 Å². The molecule has 6 rings (SSSR count). The highest BCUT2D eigenvalue weighted by molar-refractivity contribution is 7.89. The van der Waals surface area contributed by atoms with Gasteiger partial charge >= 0.3 is 0 Å². The SMILES string of the molecule is COc1ccc(CN(C2(C#N)CC2)S(=O)(=O)c2cc(N3CCN(C(=O)C(C)C)CC3)n3ncc(-c4nnc(C(F)F)s4)c3c2)cc1. The Bertz CT molecular complexity index is 1910. The summed E-state index contributed by atoms with van der Waals surface area (Å²) in [4.78, 5) is 16.3. The molecule has 1 saturated heterocycles. The van der Waals surface area contributed by atoms with Crippen LogP contribution >= 0.6 is 11.3 Å². The number of piperazine rings is 1. The summed E-state index contributed by atoms with van der Waals surface area (Å²) in [5, 5.41) is 21.9. The smallest absolute Gasteiger partial charge is 0.291 e. The van der Waals surface area contributed by atoms with Gasteiger partial charge in [0.05, 0.1) is 35.4 Å². The number of sulfonamides is 1. The Kier molecular flexibility index (Phi) is 8.42. The molecule has 4 aromatic rings. The highest BCUT2D eigenvalue weighted by Gasteiger charge is 2.54. The van der Waals surface area contributed by atoms with Gasteiger partial charge in [0.2, 0.25) is 15.9 Å². The van der Waals surface area contributed by atoms with Crippen molar-refractivity contribution in [2.24, 2.45) is 5.92 Å². The number of aromatic nitrogens is 4. The van der Waals surface area contributed by atoms with E-state index in [-0.39, 0.29) is 28.3 Å². The standard InChI is InChI=1S/C30H32F2N8O4S2/c1-19(2)29(41)38-12-10-37(11-13-38)25-15-22(14-24-23(16-34-40(24)25)27-35-36-28(45-27)26(31)32)46(42,43)39(30(18-33)8-9-30)17-20-4-6-21(44-3)7-5-20/h4-7,14-16,19,26H,8-13,17H2,1-3H3. The number of benzene rings is 1. The Morgan fingerprint density at radius 3 is 2.39 bits per heavy atom. The van der Waals surface area contributed by atoms with E-state index < -0.39 is 27.0 Å². The number of nitrogens with zero attached hydrogens (tertiary/aromatic N) is 8. The number of ether oxygens (including phenoxy) is 1. The van der Waals surface area contributed by atoms with Gasteiger partial charge in [-0.1, -0.05) is 37.3 Å². The Morgan fingerprint density at radius 2 is 1.83 bits per heavy atom. The van der Waals surface area contributed by atoms with Crippen LogP contribution in [0.2, 0.25) is 0 Å². The maximum absolute atomic E-state index is 14.6. The van der Waals surface area contributed by atoms with Gasteiger partial charge in [-0.05, 0) is 36.6 Å². The van der Waals surface area contributed by atoms with Gasteiger partial charge in [0.1, 0.15) is 17.1 Å². The van der Waals surface area contributed by atoms with Gasteiger partial charge < -0.3 is 14.5 Å². The van der Waals surface area contributed by atoms with Gasteiger partial charge in [-0.25, -0.2) is 21.7 Å². The zero-order valence-corrected chi connectivity index (χ0v) is 27.1. The van der Waals surface area contributed by atoms with Gasteiger partial charge in [0, 0.05) is 44.7 Å². The third-order valence-electron chi connectivity index (χ3n) is 8.32. The normalized spacial score (nSPS) is 16.4. The van der Waals surface area contributed by atoms with Crippen LogP contribution in [0.1, 0.15) is 43.7 Å². The fraction of sp³-hybridized carbons (Fsp3) is 0.433. The molecule has 12 nitrogen and oxygen atoms in total. The van der Waals surface area contributed by atoms with Crippen LogP contribution in [-0.4, -0.2) is 82.2 Å². The Hall–Kier alpha value is -4.20. The van der Waals surface area contributed by atoms with E-state index >= 15 is 0 Å². The molecule has 2 aliphatic rings. The molecule has 0 atom stereocenters. The van der Waals surface area contributed by atoms with Crippen molar-refractivity contribution in [3.8, 4) is 22.4 Å². The van der Waals surface area contributed by atoms with E-state index in [9.17, 15) is 27.3 Å². The van der Waals surface area contributed by atoms with Crippen LogP contribution in [0, 0.1) is 17.2 Å². The van der Waals surface area contributed by atoms with Crippen molar-refractivity contribution in [3.63, 3.8) is 0 Å². The topological polar surface area (TPSA) is 137 Å². The van der Waals surface area contributed by atoms with Crippen molar-refractivity contribution < 1.29 is 26.7 Å². The first-order valence-corrected chi connectivity index (χ1v) is 17.0. The molecule has 4 heterocycles. The van der Waals surface area contributed by atoms with Crippen molar-refractivity contribution in [1.29, 1.82) is 5.26 Å². The molecule has 242 valence electrons. The molecule has 3 aromatic heterocycles. The lowest BCUT2D eigenvalue weighted by molar-refractivity contribution is -0.134. The molecule has 16 heteroatoms. The number of nitriles is 1. The summed E-state index contributed by atoms with van der Waals surface area (Å²) < 4.78 is 64.0. The van der Waals surface area contributed by atoms with E-state index in [2.05, 4.69) is 21.4 Å². The molecule has 1 amide bonds. The zero-order chi connectivity index (χ0) is 32.8. The average Bonchev–Trinajstić information content (AvgIpc) is 3.46. The zero-order valence-electron chi connectivity index (χ0n) is 25.4. The van der Waals surface area contributed by atoms with Gasteiger partial charge in [0.25, 0.3) is 6.43 Å². The second-order valence-corrected chi connectivity index (χ2v) is 14.5. The van der Waals surface area contributed by atoms with Gasteiger partial charge in [-0.2, -0.15) is 14.7 Å². The van der Waals surface area contributed by atoms with Gasteiger partial charge in [-0.3, -0.25) is 4.79 Å². The maximum atomic E-state index is 14.6. The summed E-state index contributed by atoms with van der Waals surface area (Å²) in [6.07, 6.45) is -0.578. The third-order valence-corrected chi connectivity index (χ3v) is 11.2. The number of carbonyl (C=O) groups excluding carboxylic acids is 1. The highest BCUT2D eigenvalue weighted by atomic mass is 32.2. The molecular weight excluding hydrogens is 639 g/mol. The van der Waals surface area contributed by atoms with E-state index in [1.807, 2.05) is 18.7 Å². The highest BCUT2D eigenvalue weighted by Crippen LogP contribution is 2.46. The van der Waals surface area contributed by atoms with Crippen molar-refractivity contribution in [1.82, 2.24) is 29.0 Å². The predicted molar refractivity (Wildman–Crippen MR) is 166 cm³/mol. The number of hydrogen-bond donors (Lipinski definition) is 0. The number of carbonyl (C=O) groups is 1. The average molecular weight is 671 g/mol. The molecule has 1 saturated carbocycles. The number of amides is 1. The number of methoxy groups -OCH3 is 1. The summed E-state index contributed by atoms with van der Waals surface area (Å²) in [5.41, 5.74) is 0.151. The minimum Gasteiger partial charge on any atom is -0.497 e. The first kappa shape index (κ1) is 31.8. The molecule has 0 bridgehead atoms. The lowest BCUT2D eigenvalue weighted by atomic mass is 10.1. The van der Waals surface area contributed by atoms with Crippen molar-refractivity contribution in [3.05, 3.63) is 53.2 Å². The Balaban J connectivity index is 1.46. The lowest BCUT2D eigenvalue weighted by Crippen LogP contribution is -2.50. The van der Waals surface area contributed by atoms with Crippen LogP contribution in [0.5, 0.6) is 5.75 Å². The van der Waals surface area contributed by atoms with Crippen LogP contribution in [0.15, 0.2) is 47.5 Å². The molecule has 0 unspecified atom stereocenters. The molecule has 1 aliphatic carbocycles. The molecule has 2 fully saturated rings. The molecule has 0 N–H and O–H groups in total. The number of rotatable bonds is 10. The fourth-order valence-electron chi connectivity index (χ4n) is 5.56. The summed E-state index contributed by atoms with van der Waals surface area (Å²) in [5.74, 6) is 0.944. The number of hydrogen-bond acceptors (Lipinski definition) is 10. The second kappa shape index (κ2) is 12.2. The van der Waals surface area contributed by atoms with Crippen LogP contribution in [0.4, 0.5) is 14.6 Å². The quantitative estimate of drug-likeness (QED) is 0.241. The summed E-state index contributed by atoms with van der Waals surface area (Å²) in [6, 6.07) is 12.2. The number of anilines is 1. The minimum absolute atomic E-state index is 0.0361. The molecule has 1 aromatic carbocycles. The van der Waals surface area contributed by atoms with E-state index in [0.29, 0.717) is 78.6 Å². The van der Waals surface area contributed by atoms with Gasteiger partial charge in [0.15, 0.2) is 10.0 Å². The molecule has 46 heavy (non-hydrogen) atoms. The van der Waals surface area contributed by atoms with Crippen LogP contribution in [0.3, 0.4) is 0 Å². The van der Waals surface area contributed by atoms with Crippen molar-refractivity contribution in [2.45, 2.75) is 50.1 Å². The van der Waals surface area contributed by atoms with E-state index in [4.69, 9.17) is 4.74 Å². The van der Waals surface area contributed by atoms with Crippen molar-refractivity contribution in [2.75, 3.05) is 38.2 Å².